The topological polar surface area (TPSA) is 58.8 Å². The van der Waals surface area contributed by atoms with E-state index in [0.29, 0.717) is 6.54 Å². The first kappa shape index (κ1) is 16.0. The Morgan fingerprint density at radius 1 is 1.26 bits per heavy atom. The number of hydrogen-bond acceptors (Lipinski definition) is 4. The second-order valence-corrected chi connectivity index (χ2v) is 6.01. The van der Waals surface area contributed by atoms with Crippen LogP contribution in [0.25, 0.3) is 0 Å². The highest BCUT2D eigenvalue weighted by Crippen LogP contribution is 2.12. The van der Waals surface area contributed by atoms with Crippen LogP contribution in [-0.4, -0.2) is 60.8 Å². The Morgan fingerprint density at radius 3 is 2.32 bits per heavy atom. The summed E-state index contributed by atoms with van der Waals surface area (Å²) in [4.78, 5) is 16.0. The molecule has 5 nitrogen and oxygen atoms in total. The normalized spacial score (nSPS) is 17.4. The van der Waals surface area contributed by atoms with Gasteiger partial charge in [-0.15, -0.1) is 0 Å². The third-order valence-electron chi connectivity index (χ3n) is 3.09. The molecule has 1 saturated heterocycles. The van der Waals surface area contributed by atoms with Gasteiger partial charge in [-0.2, -0.15) is 0 Å². The van der Waals surface area contributed by atoms with E-state index in [4.69, 9.17) is 10.5 Å². The van der Waals surface area contributed by atoms with Crippen molar-refractivity contribution in [3.05, 3.63) is 12.2 Å². The van der Waals surface area contributed by atoms with Crippen molar-refractivity contribution in [2.45, 2.75) is 32.8 Å². The van der Waals surface area contributed by atoms with E-state index >= 15 is 0 Å². The molecule has 19 heavy (non-hydrogen) atoms. The van der Waals surface area contributed by atoms with Crippen LogP contribution in [-0.2, 0) is 4.74 Å². The number of piperazine rings is 1. The molecule has 0 atom stereocenters. The fraction of sp³-hybridized carbons (Fsp3) is 0.786. The summed E-state index contributed by atoms with van der Waals surface area (Å²) in [5.41, 5.74) is 6.18. The molecular formula is C14H27N3O2. The molecule has 1 aliphatic heterocycles. The molecule has 1 rings (SSSR count). The molecule has 1 aliphatic rings. The number of rotatable bonds is 4. The van der Waals surface area contributed by atoms with Crippen molar-refractivity contribution in [3.8, 4) is 0 Å². The molecule has 1 fully saturated rings. The third kappa shape index (κ3) is 6.07. The van der Waals surface area contributed by atoms with Gasteiger partial charge in [0, 0.05) is 39.3 Å². The molecular weight excluding hydrogens is 242 g/mol. The SMILES string of the molecule is C=C(CN)CCN1CCN(C(=O)OC(C)(C)C)CC1. The lowest BCUT2D eigenvalue weighted by atomic mass is 10.2. The molecule has 0 saturated carbocycles. The Kier molecular flexibility index (Phi) is 5.82. The van der Waals surface area contributed by atoms with Crippen molar-refractivity contribution in [3.63, 3.8) is 0 Å². The second-order valence-electron chi connectivity index (χ2n) is 6.01. The van der Waals surface area contributed by atoms with Gasteiger partial charge in [0.1, 0.15) is 5.60 Å². The Morgan fingerprint density at radius 2 is 1.84 bits per heavy atom. The quantitative estimate of drug-likeness (QED) is 0.785. The van der Waals surface area contributed by atoms with Crippen molar-refractivity contribution in [1.29, 1.82) is 0 Å². The number of carbonyl (C=O) groups is 1. The van der Waals surface area contributed by atoms with Crippen molar-refractivity contribution < 1.29 is 9.53 Å². The lowest BCUT2D eigenvalue weighted by molar-refractivity contribution is 0.0146. The molecule has 1 amide bonds. The average molecular weight is 269 g/mol. The molecule has 0 bridgehead atoms. The molecule has 110 valence electrons. The van der Waals surface area contributed by atoms with Crippen molar-refractivity contribution in [2.75, 3.05) is 39.3 Å². The number of nitrogens with two attached hydrogens (primary N) is 1. The van der Waals surface area contributed by atoms with E-state index in [1.54, 1.807) is 4.90 Å². The molecule has 0 aromatic heterocycles. The van der Waals surface area contributed by atoms with Gasteiger partial charge in [-0.25, -0.2) is 4.79 Å². The first-order valence-corrected chi connectivity index (χ1v) is 6.89. The Labute approximate surface area is 116 Å². The van der Waals surface area contributed by atoms with E-state index in [1.165, 1.54) is 0 Å². The molecule has 0 radical (unpaired) electrons. The predicted molar refractivity (Wildman–Crippen MR) is 77.1 cm³/mol. The summed E-state index contributed by atoms with van der Waals surface area (Å²) in [5, 5.41) is 0. The third-order valence-corrected chi connectivity index (χ3v) is 3.09. The summed E-state index contributed by atoms with van der Waals surface area (Å²) in [5.74, 6) is 0. The van der Waals surface area contributed by atoms with Crippen LogP contribution < -0.4 is 5.73 Å². The zero-order valence-corrected chi connectivity index (χ0v) is 12.4. The average Bonchev–Trinajstić information content (AvgIpc) is 2.34. The van der Waals surface area contributed by atoms with Gasteiger partial charge in [-0.3, -0.25) is 4.90 Å². The van der Waals surface area contributed by atoms with Crippen LogP contribution in [0.5, 0.6) is 0 Å². The number of ether oxygens (including phenoxy) is 1. The minimum absolute atomic E-state index is 0.210. The molecule has 0 aromatic carbocycles. The molecule has 0 unspecified atom stereocenters. The maximum Gasteiger partial charge on any atom is 0.410 e. The number of nitrogens with zero attached hydrogens (tertiary/aromatic N) is 2. The standard InChI is InChI=1S/C14H27N3O2/c1-12(11-15)5-6-16-7-9-17(10-8-16)13(18)19-14(2,3)4/h1,5-11,15H2,2-4H3. The van der Waals surface area contributed by atoms with Crippen LogP contribution in [0.15, 0.2) is 12.2 Å². The van der Waals surface area contributed by atoms with Crippen LogP contribution in [0.4, 0.5) is 4.79 Å². The fourth-order valence-corrected chi connectivity index (χ4v) is 1.90. The van der Waals surface area contributed by atoms with Gasteiger partial charge in [0.2, 0.25) is 0 Å². The van der Waals surface area contributed by atoms with Crippen molar-refractivity contribution >= 4 is 6.09 Å². The van der Waals surface area contributed by atoms with Gasteiger partial charge in [0.25, 0.3) is 0 Å². The minimum Gasteiger partial charge on any atom is -0.444 e. The molecule has 5 heteroatoms. The largest absolute Gasteiger partial charge is 0.444 e. The molecule has 0 aromatic rings. The van der Waals surface area contributed by atoms with Gasteiger partial charge >= 0.3 is 6.09 Å². The smallest absolute Gasteiger partial charge is 0.410 e. The highest BCUT2D eigenvalue weighted by molar-refractivity contribution is 5.68. The molecule has 0 spiro atoms. The summed E-state index contributed by atoms with van der Waals surface area (Å²) in [6.07, 6.45) is 0.724. The maximum atomic E-state index is 11.9. The lowest BCUT2D eigenvalue weighted by Gasteiger charge is -2.35. The van der Waals surface area contributed by atoms with Crippen LogP contribution >= 0.6 is 0 Å². The number of amides is 1. The van der Waals surface area contributed by atoms with Gasteiger partial charge in [0.05, 0.1) is 0 Å². The lowest BCUT2D eigenvalue weighted by Crippen LogP contribution is -2.50. The van der Waals surface area contributed by atoms with Gasteiger partial charge < -0.3 is 15.4 Å². The minimum atomic E-state index is -0.424. The number of hydrogen-bond donors (Lipinski definition) is 1. The summed E-state index contributed by atoms with van der Waals surface area (Å²) < 4.78 is 5.37. The Hall–Kier alpha value is -1.07. The van der Waals surface area contributed by atoms with Crippen molar-refractivity contribution in [1.82, 2.24) is 9.80 Å². The van der Waals surface area contributed by atoms with Gasteiger partial charge in [-0.1, -0.05) is 12.2 Å². The van der Waals surface area contributed by atoms with E-state index in [0.717, 1.165) is 44.7 Å². The van der Waals surface area contributed by atoms with Gasteiger partial charge in [-0.05, 0) is 27.2 Å². The molecule has 2 N–H and O–H groups in total. The molecule has 1 heterocycles. The van der Waals surface area contributed by atoms with E-state index in [9.17, 15) is 4.79 Å². The fourth-order valence-electron chi connectivity index (χ4n) is 1.90. The molecule has 0 aliphatic carbocycles. The van der Waals surface area contributed by atoms with Crippen molar-refractivity contribution in [2.24, 2.45) is 5.73 Å². The maximum absolute atomic E-state index is 11.9. The van der Waals surface area contributed by atoms with E-state index in [1.807, 2.05) is 20.8 Å². The van der Waals surface area contributed by atoms with Crippen LogP contribution in [0, 0.1) is 0 Å². The zero-order chi connectivity index (χ0) is 14.5. The first-order chi connectivity index (χ1) is 8.81. The zero-order valence-electron chi connectivity index (χ0n) is 12.4. The predicted octanol–water partition coefficient (Wildman–Crippen LogP) is 1.44. The summed E-state index contributed by atoms with van der Waals surface area (Å²) in [6.45, 7) is 14.3. The van der Waals surface area contributed by atoms with E-state index in [2.05, 4.69) is 11.5 Å². The monoisotopic (exact) mass is 269 g/mol. The van der Waals surface area contributed by atoms with E-state index in [-0.39, 0.29) is 6.09 Å². The first-order valence-electron chi connectivity index (χ1n) is 6.89. The van der Waals surface area contributed by atoms with Crippen LogP contribution in [0.1, 0.15) is 27.2 Å². The number of carbonyl (C=O) groups excluding carboxylic acids is 1. The summed E-state index contributed by atoms with van der Waals surface area (Å²) in [6, 6.07) is 0. The van der Waals surface area contributed by atoms with Gasteiger partial charge in [0.15, 0.2) is 0 Å². The highest BCUT2D eigenvalue weighted by Gasteiger charge is 2.25. The van der Waals surface area contributed by atoms with E-state index < -0.39 is 5.60 Å². The summed E-state index contributed by atoms with van der Waals surface area (Å²) >= 11 is 0. The summed E-state index contributed by atoms with van der Waals surface area (Å²) in [7, 11) is 0. The second kappa shape index (κ2) is 6.91. The Bertz CT molecular complexity index is 315. The van der Waals surface area contributed by atoms with Crippen LogP contribution in [0.3, 0.4) is 0 Å². The van der Waals surface area contributed by atoms with Crippen LogP contribution in [0.2, 0.25) is 0 Å². The highest BCUT2D eigenvalue weighted by atomic mass is 16.6. The Balaban J connectivity index is 2.29.